The number of imidazole rings is 1. The first-order valence-corrected chi connectivity index (χ1v) is 11.9. The van der Waals surface area contributed by atoms with Crippen molar-refractivity contribution in [3.8, 4) is 34.1 Å². The Morgan fingerprint density at radius 3 is 2.68 bits per heavy atom. The molecule has 0 radical (unpaired) electrons. The van der Waals surface area contributed by atoms with Crippen molar-refractivity contribution in [1.82, 2.24) is 30.5 Å². The van der Waals surface area contributed by atoms with Crippen LogP contribution in [-0.2, 0) is 12.0 Å². The maximum absolute atomic E-state index is 12.8. The van der Waals surface area contributed by atoms with Crippen molar-refractivity contribution >= 4 is 16.9 Å². The van der Waals surface area contributed by atoms with E-state index in [1.807, 2.05) is 24.3 Å². The lowest BCUT2D eigenvalue weighted by atomic mass is 9.92. The molecule has 9 nitrogen and oxygen atoms in total. The second-order valence-corrected chi connectivity index (χ2v) is 9.82. The van der Waals surface area contributed by atoms with Gasteiger partial charge in [-0.15, -0.1) is 0 Å². The molecule has 9 heteroatoms. The van der Waals surface area contributed by atoms with E-state index in [0.717, 1.165) is 28.0 Å². The van der Waals surface area contributed by atoms with E-state index in [9.17, 15) is 9.90 Å². The molecule has 0 spiro atoms. The molecule has 0 unspecified atom stereocenters. The summed E-state index contributed by atoms with van der Waals surface area (Å²) in [5.41, 5.74) is 5.72. The number of H-pyrrole nitrogens is 2. The molecular formula is C28H28N6O3. The van der Waals surface area contributed by atoms with Gasteiger partial charge in [-0.05, 0) is 54.1 Å². The topological polar surface area (TPSA) is 129 Å². The van der Waals surface area contributed by atoms with E-state index in [1.54, 1.807) is 43.6 Å². The molecule has 0 saturated heterocycles. The smallest absolute Gasteiger partial charge is 0.251 e. The molecule has 5 rings (SSSR count). The van der Waals surface area contributed by atoms with Gasteiger partial charge in [0.25, 0.3) is 5.91 Å². The number of fused-ring (bicyclic) bond motifs is 1. The summed E-state index contributed by atoms with van der Waals surface area (Å²) < 4.78 is 5.38. The average molecular weight is 497 g/mol. The molecule has 0 aliphatic rings. The molecule has 0 atom stereocenters. The maximum Gasteiger partial charge on any atom is 0.251 e. The van der Waals surface area contributed by atoms with Crippen LogP contribution in [0.2, 0.25) is 0 Å². The highest BCUT2D eigenvalue weighted by Gasteiger charge is 2.18. The standard InChI is InChI=1S/C28H28N6O3/c1-28(2,3)24-14-18(33-34-24)15-30-26(36)17-7-9-21-22(13-17)32-25(31-21)20-12-16(8-10-23(20)35)19-6-5-11-29-27(19)37-4/h5-14,35H,15H2,1-4H3,(H,30,36)(H,31,32)(H,33,34). The summed E-state index contributed by atoms with van der Waals surface area (Å²) in [6.07, 6.45) is 1.66. The lowest BCUT2D eigenvalue weighted by Crippen LogP contribution is -2.22. The first-order valence-electron chi connectivity index (χ1n) is 11.9. The fourth-order valence-electron chi connectivity index (χ4n) is 4.05. The number of amides is 1. The molecule has 0 aliphatic heterocycles. The predicted molar refractivity (Wildman–Crippen MR) is 141 cm³/mol. The summed E-state index contributed by atoms with van der Waals surface area (Å²) in [6, 6.07) is 16.2. The zero-order chi connectivity index (χ0) is 26.2. The normalized spacial score (nSPS) is 11.6. The number of aromatic amines is 2. The Kier molecular flexibility index (Phi) is 6.12. The largest absolute Gasteiger partial charge is 0.507 e. The molecule has 4 N–H and O–H groups in total. The molecule has 0 aliphatic carbocycles. The number of carbonyl (C=O) groups excluding carboxylic acids is 1. The first-order chi connectivity index (χ1) is 17.7. The Morgan fingerprint density at radius 1 is 1.08 bits per heavy atom. The summed E-state index contributed by atoms with van der Waals surface area (Å²) in [5.74, 6) is 0.836. The minimum atomic E-state index is -0.222. The van der Waals surface area contributed by atoms with Crippen LogP contribution >= 0.6 is 0 Å². The molecule has 0 saturated carbocycles. The van der Waals surface area contributed by atoms with Crippen molar-refractivity contribution in [2.75, 3.05) is 7.11 Å². The molecule has 0 fully saturated rings. The summed E-state index contributed by atoms with van der Waals surface area (Å²) in [5, 5.41) is 20.8. The van der Waals surface area contributed by atoms with E-state index < -0.39 is 0 Å². The number of pyridine rings is 1. The fraction of sp³-hybridized carbons (Fsp3) is 0.214. The highest BCUT2D eigenvalue weighted by molar-refractivity contribution is 5.97. The quantitative estimate of drug-likeness (QED) is 0.263. The van der Waals surface area contributed by atoms with Crippen LogP contribution in [0.3, 0.4) is 0 Å². The van der Waals surface area contributed by atoms with E-state index in [0.29, 0.717) is 34.9 Å². The zero-order valence-electron chi connectivity index (χ0n) is 21.1. The molecule has 188 valence electrons. The number of phenols is 1. The second-order valence-electron chi connectivity index (χ2n) is 9.82. The number of aromatic hydroxyl groups is 1. The third kappa shape index (κ3) is 4.88. The van der Waals surface area contributed by atoms with Crippen LogP contribution in [0.4, 0.5) is 0 Å². The van der Waals surface area contributed by atoms with E-state index in [1.165, 1.54) is 0 Å². The van der Waals surface area contributed by atoms with Gasteiger partial charge in [0.15, 0.2) is 0 Å². The lowest BCUT2D eigenvalue weighted by Gasteiger charge is -2.14. The maximum atomic E-state index is 12.8. The van der Waals surface area contributed by atoms with Gasteiger partial charge >= 0.3 is 0 Å². The number of benzene rings is 2. The number of phenolic OH excluding ortho intramolecular Hbond substituents is 1. The number of methoxy groups -OCH3 is 1. The van der Waals surface area contributed by atoms with Gasteiger partial charge in [0.05, 0.1) is 35.9 Å². The molecule has 0 bridgehead atoms. The van der Waals surface area contributed by atoms with Crippen molar-refractivity contribution in [2.45, 2.75) is 32.7 Å². The number of hydrogen-bond donors (Lipinski definition) is 4. The summed E-state index contributed by atoms with van der Waals surface area (Å²) in [6.45, 7) is 6.61. The Bertz CT molecular complexity index is 1600. The van der Waals surface area contributed by atoms with E-state index >= 15 is 0 Å². The summed E-state index contributed by atoms with van der Waals surface area (Å²) >= 11 is 0. The molecule has 5 aromatic rings. The monoisotopic (exact) mass is 496 g/mol. The van der Waals surface area contributed by atoms with Crippen molar-refractivity contribution in [2.24, 2.45) is 0 Å². The number of nitrogens with one attached hydrogen (secondary N) is 3. The second kappa shape index (κ2) is 9.42. The predicted octanol–water partition coefficient (Wildman–Crippen LogP) is 4.96. The van der Waals surface area contributed by atoms with E-state index in [-0.39, 0.29) is 17.1 Å². The Balaban J connectivity index is 1.39. The highest BCUT2D eigenvalue weighted by atomic mass is 16.5. The van der Waals surface area contributed by atoms with Gasteiger partial charge in [-0.1, -0.05) is 26.8 Å². The van der Waals surface area contributed by atoms with Crippen LogP contribution in [-0.4, -0.2) is 43.3 Å². The van der Waals surface area contributed by atoms with Crippen molar-refractivity contribution in [1.29, 1.82) is 0 Å². The van der Waals surface area contributed by atoms with Crippen LogP contribution < -0.4 is 10.1 Å². The fourth-order valence-corrected chi connectivity index (χ4v) is 4.05. The number of carbonyl (C=O) groups is 1. The molecular weight excluding hydrogens is 468 g/mol. The highest BCUT2D eigenvalue weighted by Crippen LogP contribution is 2.35. The third-order valence-corrected chi connectivity index (χ3v) is 6.14. The van der Waals surface area contributed by atoms with Crippen molar-refractivity contribution < 1.29 is 14.6 Å². The number of hydrogen-bond acceptors (Lipinski definition) is 6. The SMILES string of the molecule is COc1ncccc1-c1ccc(O)c(-c2nc3cc(C(=O)NCc4cc(C(C)(C)C)[nH]n4)ccc3[nH]2)c1. The Morgan fingerprint density at radius 2 is 1.92 bits per heavy atom. The van der Waals surface area contributed by atoms with E-state index in [4.69, 9.17) is 4.74 Å². The van der Waals surface area contributed by atoms with Gasteiger partial charge in [0.2, 0.25) is 5.88 Å². The average Bonchev–Trinajstić information content (AvgIpc) is 3.54. The van der Waals surface area contributed by atoms with Gasteiger partial charge in [-0.2, -0.15) is 5.10 Å². The van der Waals surface area contributed by atoms with Crippen molar-refractivity contribution in [3.63, 3.8) is 0 Å². The van der Waals surface area contributed by atoms with Crippen molar-refractivity contribution in [3.05, 3.63) is 77.7 Å². The lowest BCUT2D eigenvalue weighted by molar-refractivity contribution is 0.0950. The molecule has 2 aromatic carbocycles. The van der Waals surface area contributed by atoms with Crippen LogP contribution in [0.1, 0.15) is 42.5 Å². The van der Waals surface area contributed by atoms with Crippen LogP contribution in [0, 0.1) is 0 Å². The molecule has 1 amide bonds. The molecule has 3 heterocycles. The zero-order valence-corrected chi connectivity index (χ0v) is 21.1. The molecule has 3 aromatic heterocycles. The van der Waals surface area contributed by atoms with Gasteiger partial charge in [0, 0.05) is 28.4 Å². The Labute approximate surface area is 214 Å². The van der Waals surface area contributed by atoms with Crippen LogP contribution in [0.5, 0.6) is 11.6 Å². The number of nitrogens with zero attached hydrogens (tertiary/aromatic N) is 3. The van der Waals surface area contributed by atoms with E-state index in [2.05, 4.69) is 51.2 Å². The van der Waals surface area contributed by atoms with Gasteiger partial charge in [-0.25, -0.2) is 9.97 Å². The Hall–Kier alpha value is -4.66. The summed E-state index contributed by atoms with van der Waals surface area (Å²) in [4.78, 5) is 25.0. The minimum absolute atomic E-state index is 0.0457. The third-order valence-electron chi connectivity index (χ3n) is 6.14. The van der Waals surface area contributed by atoms with Gasteiger partial charge < -0.3 is 20.1 Å². The van der Waals surface area contributed by atoms with Gasteiger partial charge in [0.1, 0.15) is 11.6 Å². The number of ether oxygens (including phenoxy) is 1. The first kappa shape index (κ1) is 24.1. The molecule has 37 heavy (non-hydrogen) atoms. The minimum Gasteiger partial charge on any atom is -0.507 e. The number of aromatic nitrogens is 5. The van der Waals surface area contributed by atoms with Gasteiger partial charge in [-0.3, -0.25) is 9.89 Å². The van der Waals surface area contributed by atoms with Crippen LogP contribution in [0.25, 0.3) is 33.5 Å². The summed E-state index contributed by atoms with van der Waals surface area (Å²) in [7, 11) is 1.57. The number of rotatable bonds is 6. The van der Waals surface area contributed by atoms with Crippen LogP contribution in [0.15, 0.2) is 60.8 Å².